The van der Waals surface area contributed by atoms with Gasteiger partial charge < -0.3 is 30.0 Å². The highest BCUT2D eigenvalue weighted by Gasteiger charge is 2.18. The normalized spacial score (nSPS) is 10.7. The number of fused-ring (bicyclic) bond motifs is 1. The van der Waals surface area contributed by atoms with Gasteiger partial charge in [0.25, 0.3) is 17.7 Å². The number of nitrogens with zero attached hydrogens (tertiary/aromatic N) is 4. The Kier molecular flexibility index (Phi) is 9.64. The van der Waals surface area contributed by atoms with Gasteiger partial charge in [-0.2, -0.15) is 0 Å². The molecule has 0 radical (unpaired) electrons. The standard InChI is InChI=1S/C23H28BrN7O3.ClH/c1-14(24)21(32)26-16-7-8-17-15(11-16)12-18(31(17)5)22(33)28-19-13-30(4)20(27-19)23(34)25-9-6-10-29(2)3;/h7-8,11-13H,1,6,9-10H2,2-5H3,(H,25,34)(H,26,32)(H,28,33);1H. The van der Waals surface area contributed by atoms with Crippen LogP contribution < -0.4 is 16.0 Å². The van der Waals surface area contributed by atoms with Gasteiger partial charge in [-0.25, -0.2) is 4.98 Å². The third kappa shape index (κ3) is 6.93. The van der Waals surface area contributed by atoms with E-state index in [1.165, 1.54) is 0 Å². The largest absolute Gasteiger partial charge is 0.349 e. The van der Waals surface area contributed by atoms with Crippen LogP contribution in [0.4, 0.5) is 11.5 Å². The Morgan fingerprint density at radius 1 is 1.11 bits per heavy atom. The van der Waals surface area contributed by atoms with Crippen molar-refractivity contribution in [1.82, 2.24) is 24.3 Å². The van der Waals surface area contributed by atoms with E-state index < -0.39 is 0 Å². The van der Waals surface area contributed by atoms with E-state index in [1.807, 2.05) is 25.1 Å². The van der Waals surface area contributed by atoms with Crippen molar-refractivity contribution >= 4 is 68.5 Å². The maximum Gasteiger partial charge on any atom is 0.287 e. The average Bonchev–Trinajstić information content (AvgIpc) is 3.30. The number of aromatic nitrogens is 3. The molecule has 10 nitrogen and oxygen atoms in total. The molecule has 1 aromatic carbocycles. The lowest BCUT2D eigenvalue weighted by atomic mass is 10.2. The van der Waals surface area contributed by atoms with Gasteiger partial charge in [0.15, 0.2) is 5.82 Å². The minimum absolute atomic E-state index is 0. The van der Waals surface area contributed by atoms with Crippen LogP contribution in [-0.4, -0.2) is 63.9 Å². The molecule has 188 valence electrons. The van der Waals surface area contributed by atoms with E-state index in [-0.39, 0.29) is 46.3 Å². The van der Waals surface area contributed by atoms with Gasteiger partial charge in [-0.05, 0) is 67.3 Å². The third-order valence-corrected chi connectivity index (χ3v) is 5.53. The van der Waals surface area contributed by atoms with E-state index in [2.05, 4.69) is 43.4 Å². The molecule has 0 atom stereocenters. The molecule has 3 amide bonds. The Morgan fingerprint density at radius 2 is 1.83 bits per heavy atom. The number of carbonyl (C=O) groups excluding carboxylic acids is 3. The molecular formula is C23H29BrClN7O3. The van der Waals surface area contributed by atoms with Crippen molar-refractivity contribution in [1.29, 1.82) is 0 Å². The lowest BCUT2D eigenvalue weighted by molar-refractivity contribution is -0.112. The monoisotopic (exact) mass is 565 g/mol. The van der Waals surface area contributed by atoms with Crippen molar-refractivity contribution in [3.8, 4) is 0 Å². The number of imidazole rings is 1. The molecule has 0 unspecified atom stereocenters. The molecule has 0 aliphatic heterocycles. The fraction of sp³-hybridized carbons (Fsp3) is 0.304. The van der Waals surface area contributed by atoms with Gasteiger partial charge in [0.05, 0.1) is 4.48 Å². The number of benzene rings is 1. The molecule has 0 saturated carbocycles. The predicted octanol–water partition coefficient (Wildman–Crippen LogP) is 3.11. The quantitative estimate of drug-likeness (QED) is 0.272. The SMILES string of the molecule is C=C(Br)C(=O)Nc1ccc2c(c1)cc(C(=O)Nc1cn(C)c(C(=O)NCCCN(C)C)n1)n2C.Cl. The zero-order valence-electron chi connectivity index (χ0n) is 20.0. The van der Waals surface area contributed by atoms with E-state index in [1.54, 1.807) is 47.6 Å². The number of halogens is 2. The molecule has 3 aromatic rings. The number of anilines is 2. The molecule has 0 saturated heterocycles. The smallest absolute Gasteiger partial charge is 0.287 e. The summed E-state index contributed by atoms with van der Waals surface area (Å²) in [6, 6.07) is 7.07. The molecule has 0 fully saturated rings. The number of carbonyl (C=O) groups is 3. The zero-order valence-corrected chi connectivity index (χ0v) is 22.4. The second-order valence-corrected chi connectivity index (χ2v) is 9.11. The number of amides is 3. The lowest BCUT2D eigenvalue weighted by Gasteiger charge is -2.09. The predicted molar refractivity (Wildman–Crippen MR) is 144 cm³/mol. The summed E-state index contributed by atoms with van der Waals surface area (Å²) in [5.74, 6) is -0.520. The second kappa shape index (κ2) is 12.0. The van der Waals surface area contributed by atoms with Gasteiger partial charge in [0.1, 0.15) is 5.69 Å². The van der Waals surface area contributed by atoms with Crippen molar-refractivity contribution in [2.24, 2.45) is 14.1 Å². The summed E-state index contributed by atoms with van der Waals surface area (Å²) in [5, 5.41) is 9.10. The third-order valence-electron chi connectivity index (χ3n) is 5.17. The first kappa shape index (κ1) is 28.1. The van der Waals surface area contributed by atoms with Crippen LogP contribution in [0.3, 0.4) is 0 Å². The summed E-state index contributed by atoms with van der Waals surface area (Å²) < 4.78 is 3.55. The number of hydrogen-bond acceptors (Lipinski definition) is 5. The van der Waals surface area contributed by atoms with E-state index >= 15 is 0 Å². The number of rotatable bonds is 9. The van der Waals surface area contributed by atoms with Crippen LogP contribution in [0, 0.1) is 0 Å². The first-order valence-corrected chi connectivity index (χ1v) is 11.4. The maximum atomic E-state index is 12.9. The molecule has 12 heteroatoms. The topological polar surface area (TPSA) is 113 Å². The molecule has 2 aromatic heterocycles. The van der Waals surface area contributed by atoms with Crippen molar-refractivity contribution in [3.63, 3.8) is 0 Å². The summed E-state index contributed by atoms with van der Waals surface area (Å²) in [4.78, 5) is 43.6. The Balaban J connectivity index is 0.00000432. The summed E-state index contributed by atoms with van der Waals surface area (Å²) in [7, 11) is 7.43. The average molecular weight is 567 g/mol. The lowest BCUT2D eigenvalue weighted by Crippen LogP contribution is -2.29. The highest BCUT2D eigenvalue weighted by molar-refractivity contribution is 9.12. The molecular weight excluding hydrogens is 538 g/mol. The van der Waals surface area contributed by atoms with E-state index in [0.717, 1.165) is 23.9 Å². The van der Waals surface area contributed by atoms with Crippen LogP contribution in [0.15, 0.2) is 41.5 Å². The number of aryl methyl sites for hydroxylation is 2. The van der Waals surface area contributed by atoms with Gasteiger partial charge in [-0.3, -0.25) is 14.4 Å². The van der Waals surface area contributed by atoms with Gasteiger partial charge in [0.2, 0.25) is 5.82 Å². The number of nitrogens with one attached hydrogen (secondary N) is 3. The Bertz CT molecular complexity index is 1270. The Labute approximate surface area is 218 Å². The zero-order chi connectivity index (χ0) is 25.0. The molecule has 3 N–H and O–H groups in total. The molecule has 0 spiro atoms. The summed E-state index contributed by atoms with van der Waals surface area (Å²) in [6.45, 7) is 4.95. The first-order chi connectivity index (χ1) is 16.1. The highest BCUT2D eigenvalue weighted by atomic mass is 79.9. The van der Waals surface area contributed by atoms with Crippen LogP contribution in [0.5, 0.6) is 0 Å². The minimum Gasteiger partial charge on any atom is -0.349 e. The van der Waals surface area contributed by atoms with Crippen LogP contribution >= 0.6 is 28.3 Å². The van der Waals surface area contributed by atoms with Crippen LogP contribution in [-0.2, 0) is 18.9 Å². The molecule has 0 aliphatic rings. The van der Waals surface area contributed by atoms with Gasteiger partial charge in [-0.1, -0.05) is 6.58 Å². The molecule has 0 aliphatic carbocycles. The minimum atomic E-state index is -0.367. The van der Waals surface area contributed by atoms with Crippen molar-refractivity contribution in [2.75, 3.05) is 37.8 Å². The fourth-order valence-electron chi connectivity index (χ4n) is 3.44. The maximum absolute atomic E-state index is 12.9. The molecule has 3 rings (SSSR count). The summed E-state index contributed by atoms with van der Waals surface area (Å²) in [6.07, 6.45) is 2.42. The molecule has 0 bridgehead atoms. The van der Waals surface area contributed by atoms with Crippen LogP contribution in [0.2, 0.25) is 0 Å². The number of hydrogen-bond donors (Lipinski definition) is 3. The summed E-state index contributed by atoms with van der Waals surface area (Å²) in [5.41, 5.74) is 1.81. The van der Waals surface area contributed by atoms with Gasteiger partial charge in [0, 0.05) is 43.4 Å². The first-order valence-electron chi connectivity index (χ1n) is 10.6. The van der Waals surface area contributed by atoms with Crippen molar-refractivity contribution in [3.05, 3.63) is 53.0 Å². The van der Waals surface area contributed by atoms with E-state index in [4.69, 9.17) is 0 Å². The van der Waals surface area contributed by atoms with Gasteiger partial charge in [-0.15, -0.1) is 12.4 Å². The van der Waals surface area contributed by atoms with Crippen LogP contribution in [0.1, 0.15) is 27.5 Å². The second-order valence-electron chi connectivity index (χ2n) is 8.15. The van der Waals surface area contributed by atoms with E-state index in [9.17, 15) is 14.4 Å². The fourth-order valence-corrected chi connectivity index (χ4v) is 3.54. The molecule has 2 heterocycles. The van der Waals surface area contributed by atoms with Crippen molar-refractivity contribution < 1.29 is 14.4 Å². The highest BCUT2D eigenvalue weighted by Crippen LogP contribution is 2.24. The Morgan fingerprint density at radius 3 is 2.49 bits per heavy atom. The Hall–Kier alpha value is -3.15. The van der Waals surface area contributed by atoms with Gasteiger partial charge >= 0.3 is 0 Å². The van der Waals surface area contributed by atoms with Crippen LogP contribution in [0.25, 0.3) is 10.9 Å². The molecule has 35 heavy (non-hydrogen) atoms. The summed E-state index contributed by atoms with van der Waals surface area (Å²) >= 11 is 3.05. The van der Waals surface area contributed by atoms with E-state index in [0.29, 0.717) is 17.9 Å². The van der Waals surface area contributed by atoms with Crippen molar-refractivity contribution in [2.45, 2.75) is 6.42 Å².